The van der Waals surface area contributed by atoms with Crippen LogP contribution in [0.3, 0.4) is 0 Å². The molecule has 0 saturated heterocycles. The molecule has 64 valence electrons. The minimum atomic E-state index is -0.654. The summed E-state index contributed by atoms with van der Waals surface area (Å²) in [4.78, 5) is 11.0. The molecule has 0 bridgehead atoms. The summed E-state index contributed by atoms with van der Waals surface area (Å²) in [5.41, 5.74) is -0.654. The Morgan fingerprint density at radius 2 is 2.36 bits per heavy atom. The van der Waals surface area contributed by atoms with E-state index in [1.54, 1.807) is 6.92 Å². The molecule has 0 aromatic rings. The van der Waals surface area contributed by atoms with Gasteiger partial charge in [0.2, 0.25) is 0 Å². The fourth-order valence-corrected chi connectivity index (χ4v) is 1.59. The average Bonchev–Trinajstić information content (AvgIpc) is 2.29. The number of hydrogen-bond donors (Lipinski definition) is 1. The second-order valence-electron chi connectivity index (χ2n) is 3.46. The Hall–Kier alpha value is -0.570. The van der Waals surface area contributed by atoms with Crippen LogP contribution in [-0.2, 0) is 9.53 Å². The van der Waals surface area contributed by atoms with Crippen LogP contribution in [0.25, 0.3) is 0 Å². The van der Waals surface area contributed by atoms with Crippen LogP contribution in [0, 0.1) is 5.92 Å². The first kappa shape index (κ1) is 8.53. The van der Waals surface area contributed by atoms with Crippen LogP contribution in [0.5, 0.6) is 0 Å². The summed E-state index contributed by atoms with van der Waals surface area (Å²) >= 11 is 0. The average molecular weight is 158 g/mol. The quantitative estimate of drug-likeness (QED) is 0.572. The first-order valence-electron chi connectivity index (χ1n) is 3.85. The summed E-state index contributed by atoms with van der Waals surface area (Å²) in [5.74, 6) is -0.280. The molecule has 2 unspecified atom stereocenters. The van der Waals surface area contributed by atoms with Crippen LogP contribution in [0.15, 0.2) is 0 Å². The Morgan fingerprint density at radius 1 is 1.73 bits per heavy atom. The molecule has 3 heteroatoms. The van der Waals surface area contributed by atoms with Crippen LogP contribution in [0.2, 0.25) is 0 Å². The van der Waals surface area contributed by atoms with Crippen LogP contribution in [-0.4, -0.2) is 23.8 Å². The molecular formula is C8H14O3. The maximum atomic E-state index is 11.0. The van der Waals surface area contributed by atoms with E-state index in [-0.39, 0.29) is 11.9 Å². The topological polar surface area (TPSA) is 46.5 Å². The van der Waals surface area contributed by atoms with E-state index >= 15 is 0 Å². The lowest BCUT2D eigenvalue weighted by Gasteiger charge is -2.14. The number of esters is 1. The Bertz CT molecular complexity index is 163. The number of methoxy groups -OCH3 is 1. The van der Waals surface area contributed by atoms with Crippen molar-refractivity contribution in [2.45, 2.75) is 31.8 Å². The maximum absolute atomic E-state index is 11.0. The van der Waals surface area contributed by atoms with E-state index in [2.05, 4.69) is 4.74 Å². The monoisotopic (exact) mass is 158 g/mol. The minimum absolute atomic E-state index is 0.0880. The predicted molar refractivity (Wildman–Crippen MR) is 40.0 cm³/mol. The van der Waals surface area contributed by atoms with Gasteiger partial charge in [-0.1, -0.05) is 0 Å². The van der Waals surface area contributed by atoms with Crippen LogP contribution in [0.1, 0.15) is 26.2 Å². The van der Waals surface area contributed by atoms with Crippen LogP contribution in [0.4, 0.5) is 0 Å². The summed E-state index contributed by atoms with van der Waals surface area (Å²) in [7, 11) is 1.38. The van der Waals surface area contributed by atoms with E-state index < -0.39 is 5.60 Å². The van der Waals surface area contributed by atoms with E-state index in [9.17, 15) is 9.90 Å². The molecule has 1 rings (SSSR count). The zero-order valence-electron chi connectivity index (χ0n) is 6.96. The van der Waals surface area contributed by atoms with Gasteiger partial charge < -0.3 is 9.84 Å². The lowest BCUT2D eigenvalue weighted by atomic mass is 10.0. The lowest BCUT2D eigenvalue weighted by Crippen LogP contribution is -2.21. The number of carbonyl (C=O) groups is 1. The Balaban J connectivity index is 2.48. The first-order valence-corrected chi connectivity index (χ1v) is 3.85. The fraction of sp³-hybridized carbons (Fsp3) is 0.875. The van der Waals surface area contributed by atoms with Crippen molar-refractivity contribution in [2.24, 2.45) is 5.92 Å². The Kier molecular flexibility index (Phi) is 2.18. The standard InChI is InChI=1S/C8H14O3/c1-8(10)4-3-6(5-8)7(9)11-2/h6,10H,3-5H2,1-2H3. The summed E-state index contributed by atoms with van der Waals surface area (Å²) in [6.07, 6.45) is 1.99. The van der Waals surface area contributed by atoms with Gasteiger partial charge in [-0.15, -0.1) is 0 Å². The third-order valence-electron chi connectivity index (χ3n) is 2.25. The highest BCUT2D eigenvalue weighted by atomic mass is 16.5. The molecule has 0 heterocycles. The molecule has 1 aliphatic carbocycles. The highest BCUT2D eigenvalue weighted by Gasteiger charge is 2.37. The Morgan fingerprint density at radius 3 is 2.73 bits per heavy atom. The van der Waals surface area contributed by atoms with Gasteiger partial charge in [-0.05, 0) is 26.2 Å². The number of ether oxygens (including phenoxy) is 1. The number of carbonyl (C=O) groups excluding carboxylic acids is 1. The van der Waals surface area contributed by atoms with Crippen LogP contribution >= 0.6 is 0 Å². The Labute approximate surface area is 66.4 Å². The molecule has 0 spiro atoms. The molecule has 1 aliphatic rings. The fourth-order valence-electron chi connectivity index (χ4n) is 1.59. The number of hydrogen-bond acceptors (Lipinski definition) is 3. The van der Waals surface area contributed by atoms with Crippen molar-refractivity contribution >= 4 is 5.97 Å². The van der Waals surface area contributed by atoms with E-state index in [1.165, 1.54) is 7.11 Å². The van der Waals surface area contributed by atoms with E-state index in [1.807, 2.05) is 0 Å². The number of aliphatic hydroxyl groups is 1. The van der Waals surface area contributed by atoms with Gasteiger partial charge in [-0.3, -0.25) is 4.79 Å². The zero-order valence-corrected chi connectivity index (χ0v) is 6.96. The highest BCUT2D eigenvalue weighted by Crippen LogP contribution is 2.34. The smallest absolute Gasteiger partial charge is 0.308 e. The van der Waals surface area contributed by atoms with Crippen LogP contribution < -0.4 is 0 Å². The third-order valence-corrected chi connectivity index (χ3v) is 2.25. The SMILES string of the molecule is COC(=O)C1CCC(C)(O)C1. The molecular weight excluding hydrogens is 144 g/mol. The van der Waals surface area contributed by atoms with Gasteiger partial charge in [0.15, 0.2) is 0 Å². The third kappa shape index (κ3) is 1.93. The molecule has 2 atom stereocenters. The molecule has 0 amide bonds. The second kappa shape index (κ2) is 2.81. The summed E-state index contributed by atoms with van der Waals surface area (Å²) < 4.78 is 4.58. The van der Waals surface area contributed by atoms with Gasteiger partial charge in [0.1, 0.15) is 0 Å². The van der Waals surface area contributed by atoms with Gasteiger partial charge in [-0.2, -0.15) is 0 Å². The summed E-state index contributed by atoms with van der Waals surface area (Å²) in [6.45, 7) is 1.76. The van der Waals surface area contributed by atoms with Crippen molar-refractivity contribution in [1.82, 2.24) is 0 Å². The zero-order chi connectivity index (χ0) is 8.48. The molecule has 1 saturated carbocycles. The highest BCUT2D eigenvalue weighted by molar-refractivity contribution is 5.72. The van der Waals surface area contributed by atoms with Crippen molar-refractivity contribution in [1.29, 1.82) is 0 Å². The molecule has 11 heavy (non-hydrogen) atoms. The van der Waals surface area contributed by atoms with E-state index in [0.29, 0.717) is 12.8 Å². The van der Waals surface area contributed by atoms with Gasteiger partial charge in [0, 0.05) is 0 Å². The van der Waals surface area contributed by atoms with Crippen molar-refractivity contribution in [2.75, 3.05) is 7.11 Å². The lowest BCUT2D eigenvalue weighted by molar-refractivity contribution is -0.145. The normalized spacial score (nSPS) is 37.2. The van der Waals surface area contributed by atoms with Crippen molar-refractivity contribution in [3.8, 4) is 0 Å². The van der Waals surface area contributed by atoms with Crippen molar-refractivity contribution < 1.29 is 14.6 Å². The summed E-state index contributed by atoms with van der Waals surface area (Å²) in [6, 6.07) is 0. The largest absolute Gasteiger partial charge is 0.469 e. The summed E-state index contributed by atoms with van der Waals surface area (Å²) in [5, 5.41) is 9.50. The second-order valence-corrected chi connectivity index (χ2v) is 3.46. The van der Waals surface area contributed by atoms with Gasteiger partial charge in [0.25, 0.3) is 0 Å². The molecule has 0 radical (unpaired) electrons. The number of rotatable bonds is 1. The molecule has 0 aromatic heterocycles. The molecule has 1 N–H and O–H groups in total. The molecule has 0 aromatic carbocycles. The van der Waals surface area contributed by atoms with E-state index in [4.69, 9.17) is 0 Å². The first-order chi connectivity index (χ1) is 5.05. The maximum Gasteiger partial charge on any atom is 0.308 e. The van der Waals surface area contributed by atoms with E-state index in [0.717, 1.165) is 6.42 Å². The van der Waals surface area contributed by atoms with Gasteiger partial charge in [-0.25, -0.2) is 0 Å². The molecule has 3 nitrogen and oxygen atoms in total. The predicted octanol–water partition coefficient (Wildman–Crippen LogP) is 0.710. The van der Waals surface area contributed by atoms with Crippen molar-refractivity contribution in [3.63, 3.8) is 0 Å². The molecule has 0 aliphatic heterocycles. The van der Waals surface area contributed by atoms with Gasteiger partial charge >= 0.3 is 5.97 Å². The molecule has 1 fully saturated rings. The minimum Gasteiger partial charge on any atom is -0.469 e. The van der Waals surface area contributed by atoms with Gasteiger partial charge in [0.05, 0.1) is 18.6 Å². The van der Waals surface area contributed by atoms with Crippen molar-refractivity contribution in [3.05, 3.63) is 0 Å².